The van der Waals surface area contributed by atoms with E-state index in [1.165, 1.54) is 18.2 Å². The topological polar surface area (TPSA) is 62.1 Å². The van der Waals surface area contributed by atoms with Crippen LogP contribution in [0.1, 0.15) is 30.9 Å². The molecular formula is C17H15F3N2O2. The van der Waals surface area contributed by atoms with Gasteiger partial charge in [-0.05, 0) is 25.5 Å². The van der Waals surface area contributed by atoms with Gasteiger partial charge in [0.1, 0.15) is 0 Å². The number of benzene rings is 1. The maximum Gasteiger partial charge on any atom is 0.416 e. The van der Waals surface area contributed by atoms with Crippen molar-refractivity contribution in [1.29, 1.82) is 5.26 Å². The van der Waals surface area contributed by atoms with E-state index in [0.717, 1.165) is 13.2 Å². The summed E-state index contributed by atoms with van der Waals surface area (Å²) in [5, 5.41) is 12.3. The molecule has 0 radical (unpaired) electrons. The van der Waals surface area contributed by atoms with Gasteiger partial charge in [-0.15, -0.1) is 0 Å². The SMILES string of the molecule is COC(=O)C1=C(C)NC(C)=C(C#N)C1c1ccccc1C(F)(F)F. The molecule has 0 saturated heterocycles. The molecule has 0 aromatic heterocycles. The summed E-state index contributed by atoms with van der Waals surface area (Å²) in [4.78, 5) is 12.2. The number of esters is 1. The van der Waals surface area contributed by atoms with Gasteiger partial charge in [0, 0.05) is 11.4 Å². The number of methoxy groups -OCH3 is 1. The molecule has 24 heavy (non-hydrogen) atoms. The number of nitriles is 1. The molecular weight excluding hydrogens is 321 g/mol. The summed E-state index contributed by atoms with van der Waals surface area (Å²) >= 11 is 0. The van der Waals surface area contributed by atoms with Crippen LogP contribution in [0.3, 0.4) is 0 Å². The number of nitrogens with zero attached hydrogens (tertiary/aromatic N) is 1. The molecule has 126 valence electrons. The van der Waals surface area contributed by atoms with Crippen LogP contribution in [0.2, 0.25) is 0 Å². The number of rotatable bonds is 2. The van der Waals surface area contributed by atoms with E-state index in [1.54, 1.807) is 13.8 Å². The van der Waals surface area contributed by atoms with E-state index in [4.69, 9.17) is 4.74 Å². The number of carbonyl (C=O) groups is 1. The molecule has 1 aromatic rings. The van der Waals surface area contributed by atoms with Crippen molar-refractivity contribution in [3.05, 3.63) is 57.9 Å². The van der Waals surface area contributed by atoms with Gasteiger partial charge in [-0.2, -0.15) is 18.4 Å². The fourth-order valence-electron chi connectivity index (χ4n) is 2.84. The zero-order valence-corrected chi connectivity index (χ0v) is 13.3. The van der Waals surface area contributed by atoms with Crippen LogP contribution in [-0.4, -0.2) is 13.1 Å². The van der Waals surface area contributed by atoms with Gasteiger partial charge in [0.05, 0.1) is 35.8 Å². The first kappa shape index (κ1) is 17.6. The molecule has 1 aliphatic heterocycles. The van der Waals surface area contributed by atoms with Crippen LogP contribution in [0.4, 0.5) is 13.2 Å². The van der Waals surface area contributed by atoms with Gasteiger partial charge in [0.2, 0.25) is 0 Å². The maximum atomic E-state index is 13.4. The normalized spacial score (nSPS) is 18.1. The lowest BCUT2D eigenvalue weighted by molar-refractivity contribution is -0.139. The molecule has 0 bridgehead atoms. The molecule has 4 nitrogen and oxygen atoms in total. The second-order valence-corrected chi connectivity index (χ2v) is 5.32. The second-order valence-electron chi connectivity index (χ2n) is 5.32. The van der Waals surface area contributed by atoms with E-state index in [0.29, 0.717) is 11.4 Å². The van der Waals surface area contributed by atoms with Gasteiger partial charge in [-0.1, -0.05) is 18.2 Å². The zero-order chi connectivity index (χ0) is 18.1. The molecule has 1 heterocycles. The summed E-state index contributed by atoms with van der Waals surface area (Å²) in [6.45, 7) is 3.15. The third-order valence-corrected chi connectivity index (χ3v) is 3.86. The maximum absolute atomic E-state index is 13.4. The number of allylic oxidation sites excluding steroid dienone is 3. The first-order chi connectivity index (χ1) is 11.2. The minimum absolute atomic E-state index is 0.00338. The van der Waals surface area contributed by atoms with Crippen LogP contribution in [-0.2, 0) is 15.7 Å². The van der Waals surface area contributed by atoms with Gasteiger partial charge in [-0.25, -0.2) is 4.79 Å². The van der Waals surface area contributed by atoms with Crippen LogP contribution in [0, 0.1) is 11.3 Å². The summed E-state index contributed by atoms with van der Waals surface area (Å²) in [7, 11) is 1.15. The average Bonchev–Trinajstić information content (AvgIpc) is 2.52. The van der Waals surface area contributed by atoms with Crippen molar-refractivity contribution >= 4 is 5.97 Å². The molecule has 7 heteroatoms. The summed E-state index contributed by atoms with van der Waals surface area (Å²) in [5.74, 6) is -1.91. The largest absolute Gasteiger partial charge is 0.466 e. The van der Waals surface area contributed by atoms with E-state index in [2.05, 4.69) is 5.32 Å². The number of dihydropyridines is 1. The second kappa shape index (κ2) is 6.40. The molecule has 1 unspecified atom stereocenters. The van der Waals surface area contributed by atoms with E-state index < -0.39 is 23.6 Å². The quantitative estimate of drug-likeness (QED) is 0.838. The van der Waals surface area contributed by atoms with Crippen molar-refractivity contribution < 1.29 is 22.7 Å². The van der Waals surface area contributed by atoms with Crippen LogP contribution >= 0.6 is 0 Å². The van der Waals surface area contributed by atoms with Crippen LogP contribution < -0.4 is 5.32 Å². The summed E-state index contributed by atoms with van der Waals surface area (Å²) in [6.07, 6.45) is -4.61. The number of nitrogens with one attached hydrogen (secondary N) is 1. The average molecular weight is 336 g/mol. The molecule has 0 amide bonds. The molecule has 2 rings (SSSR count). The van der Waals surface area contributed by atoms with E-state index in [1.807, 2.05) is 6.07 Å². The summed E-state index contributed by atoms with van der Waals surface area (Å²) in [5.41, 5.74) is -0.215. The van der Waals surface area contributed by atoms with Crippen LogP contribution in [0.5, 0.6) is 0 Å². The Morgan fingerprint density at radius 1 is 1.25 bits per heavy atom. The summed E-state index contributed by atoms with van der Waals surface area (Å²) < 4.78 is 44.9. The van der Waals surface area contributed by atoms with E-state index >= 15 is 0 Å². The Balaban J connectivity index is 2.78. The van der Waals surface area contributed by atoms with Gasteiger partial charge in [-0.3, -0.25) is 0 Å². The third-order valence-electron chi connectivity index (χ3n) is 3.86. The smallest absolute Gasteiger partial charge is 0.416 e. The monoisotopic (exact) mass is 336 g/mol. The van der Waals surface area contributed by atoms with Crippen LogP contribution in [0.25, 0.3) is 0 Å². The van der Waals surface area contributed by atoms with Gasteiger partial charge in [0.15, 0.2) is 0 Å². The third kappa shape index (κ3) is 3.00. The fourth-order valence-corrected chi connectivity index (χ4v) is 2.84. The Labute approximate surface area is 137 Å². The Morgan fingerprint density at radius 3 is 2.42 bits per heavy atom. The zero-order valence-electron chi connectivity index (χ0n) is 13.3. The molecule has 0 fully saturated rings. The minimum Gasteiger partial charge on any atom is -0.466 e. The highest BCUT2D eigenvalue weighted by atomic mass is 19.4. The van der Waals surface area contributed by atoms with Crippen molar-refractivity contribution in [3.8, 4) is 6.07 Å². The van der Waals surface area contributed by atoms with Crippen LogP contribution in [0.15, 0.2) is 46.8 Å². The van der Waals surface area contributed by atoms with Crippen molar-refractivity contribution in [3.63, 3.8) is 0 Å². The highest BCUT2D eigenvalue weighted by Gasteiger charge is 2.40. The molecule has 1 atom stereocenters. The highest BCUT2D eigenvalue weighted by molar-refractivity contribution is 5.93. The highest BCUT2D eigenvalue weighted by Crippen LogP contribution is 2.43. The summed E-state index contributed by atoms with van der Waals surface area (Å²) in [6, 6.07) is 6.85. The standard InChI is InChI=1S/C17H15F3N2O2/c1-9-12(8-21)15(14(10(2)22-9)16(23)24-3)11-6-4-5-7-13(11)17(18,19)20/h4-7,15,22H,1-3H3. The number of hydrogen-bond donors (Lipinski definition) is 1. The van der Waals surface area contributed by atoms with Crippen molar-refractivity contribution in [2.24, 2.45) is 0 Å². The first-order valence-electron chi connectivity index (χ1n) is 7.05. The fraction of sp³-hybridized carbons (Fsp3) is 0.294. The minimum atomic E-state index is -4.61. The van der Waals surface area contributed by atoms with E-state index in [-0.39, 0.29) is 16.7 Å². The number of halogens is 3. The Morgan fingerprint density at radius 2 is 1.88 bits per heavy atom. The van der Waals surface area contributed by atoms with E-state index in [9.17, 15) is 23.2 Å². The van der Waals surface area contributed by atoms with Gasteiger partial charge < -0.3 is 10.1 Å². The molecule has 1 aromatic carbocycles. The molecule has 0 saturated carbocycles. The predicted octanol–water partition coefficient (Wildman–Crippen LogP) is 3.64. The lowest BCUT2D eigenvalue weighted by Crippen LogP contribution is -2.29. The molecule has 0 spiro atoms. The van der Waals surface area contributed by atoms with Gasteiger partial charge >= 0.3 is 12.1 Å². The first-order valence-corrected chi connectivity index (χ1v) is 7.05. The Hall–Kier alpha value is -2.75. The molecule has 1 aliphatic rings. The van der Waals surface area contributed by atoms with Crippen molar-refractivity contribution in [2.75, 3.05) is 7.11 Å². The number of alkyl halides is 3. The number of ether oxygens (including phenoxy) is 1. The Kier molecular flexibility index (Phi) is 4.69. The lowest BCUT2D eigenvalue weighted by Gasteiger charge is -2.29. The number of carbonyl (C=O) groups excluding carboxylic acids is 1. The van der Waals surface area contributed by atoms with Crippen molar-refractivity contribution in [1.82, 2.24) is 5.32 Å². The van der Waals surface area contributed by atoms with Crippen molar-refractivity contribution in [2.45, 2.75) is 25.9 Å². The molecule has 1 N–H and O–H groups in total. The Bertz CT molecular complexity index is 786. The predicted molar refractivity (Wildman–Crippen MR) is 80.3 cm³/mol. The lowest BCUT2D eigenvalue weighted by atomic mass is 9.79. The van der Waals surface area contributed by atoms with Gasteiger partial charge in [0.25, 0.3) is 0 Å². The number of hydrogen-bond acceptors (Lipinski definition) is 4. The molecule has 0 aliphatic carbocycles.